The van der Waals surface area contributed by atoms with Crippen molar-refractivity contribution >= 4 is 53.7 Å². The molecular weight excluding hydrogens is 580 g/mol. The van der Waals surface area contributed by atoms with Gasteiger partial charge in [-0.05, 0) is 48.5 Å². The summed E-state index contributed by atoms with van der Waals surface area (Å²) in [5.74, 6) is 1.38. The first kappa shape index (κ1) is 24.6. The van der Waals surface area contributed by atoms with Crippen LogP contribution in [0.3, 0.4) is 0 Å². The van der Waals surface area contributed by atoms with Crippen LogP contribution in [-0.2, 0) is 6.54 Å². The normalized spacial score (nSPS) is 10.6. The minimum absolute atomic E-state index is 0.0830. The van der Waals surface area contributed by atoms with E-state index < -0.39 is 0 Å². The van der Waals surface area contributed by atoms with E-state index in [1.54, 1.807) is 43.3 Å². The van der Waals surface area contributed by atoms with Crippen molar-refractivity contribution in [2.24, 2.45) is 0 Å². The Hall–Kier alpha value is -3.50. The third kappa shape index (κ3) is 5.60. The van der Waals surface area contributed by atoms with Crippen molar-refractivity contribution in [1.82, 2.24) is 19.5 Å². The molecule has 3 aromatic carbocycles. The molecule has 0 atom stereocenters. The van der Waals surface area contributed by atoms with Gasteiger partial charge in [-0.2, -0.15) is 0 Å². The zero-order valence-electron chi connectivity index (χ0n) is 18.8. The Bertz CT molecular complexity index is 1630. The number of methoxy groups -OCH3 is 2. The Morgan fingerprint density at radius 2 is 1.54 bits per heavy atom. The van der Waals surface area contributed by atoms with E-state index in [2.05, 4.69) is 46.8 Å². The van der Waals surface area contributed by atoms with Crippen LogP contribution >= 0.6 is 31.9 Å². The second kappa shape index (κ2) is 10.8. The summed E-state index contributed by atoms with van der Waals surface area (Å²) in [4.78, 5) is 34.7. The molecule has 0 unspecified atom stereocenters. The fourth-order valence-electron chi connectivity index (χ4n) is 3.45. The van der Waals surface area contributed by atoms with Gasteiger partial charge in [0.15, 0.2) is 0 Å². The maximum Gasteiger partial charge on any atom is 0.261 e. The van der Waals surface area contributed by atoms with E-state index in [4.69, 9.17) is 9.47 Å². The first-order valence-electron chi connectivity index (χ1n) is 10.4. The lowest BCUT2D eigenvalue weighted by atomic mass is 10.2. The Balaban J connectivity index is 0.000000201. The molecule has 5 rings (SSSR count). The maximum absolute atomic E-state index is 12.6. The van der Waals surface area contributed by atoms with Crippen LogP contribution in [0.15, 0.2) is 85.8 Å². The van der Waals surface area contributed by atoms with Gasteiger partial charge in [-0.25, -0.2) is 9.97 Å². The molecule has 0 amide bonds. The first-order chi connectivity index (χ1) is 16.9. The predicted octanol–water partition coefficient (Wildman–Crippen LogP) is 4.91. The van der Waals surface area contributed by atoms with Crippen LogP contribution in [0.25, 0.3) is 21.8 Å². The molecule has 0 bridgehead atoms. The molecule has 0 aliphatic heterocycles. The highest BCUT2D eigenvalue weighted by molar-refractivity contribution is 9.10. The minimum Gasteiger partial charge on any atom is -0.497 e. The minimum atomic E-state index is -0.104. The molecule has 2 heterocycles. The van der Waals surface area contributed by atoms with Gasteiger partial charge in [-0.15, -0.1) is 0 Å². The van der Waals surface area contributed by atoms with Crippen LogP contribution in [0, 0.1) is 0 Å². The topological polar surface area (TPSA) is 99.1 Å². The van der Waals surface area contributed by atoms with Crippen molar-refractivity contribution < 1.29 is 9.47 Å². The van der Waals surface area contributed by atoms with Crippen LogP contribution in [-0.4, -0.2) is 33.7 Å². The Kier molecular flexibility index (Phi) is 7.62. The number of rotatable bonds is 4. The fourth-order valence-corrected chi connectivity index (χ4v) is 4.15. The molecule has 0 spiro atoms. The van der Waals surface area contributed by atoms with Gasteiger partial charge in [0, 0.05) is 20.6 Å². The number of H-pyrrole nitrogens is 1. The lowest BCUT2D eigenvalue weighted by Crippen LogP contribution is -2.21. The molecule has 0 saturated heterocycles. The monoisotopic (exact) mass is 598 g/mol. The van der Waals surface area contributed by atoms with Gasteiger partial charge in [0.05, 0.1) is 55.2 Å². The van der Waals surface area contributed by atoms with Crippen LogP contribution < -0.4 is 20.6 Å². The van der Waals surface area contributed by atoms with Gasteiger partial charge >= 0.3 is 0 Å². The molecule has 178 valence electrons. The van der Waals surface area contributed by atoms with Crippen LogP contribution in [0.1, 0.15) is 5.56 Å². The molecule has 5 aromatic rings. The van der Waals surface area contributed by atoms with Gasteiger partial charge in [-0.1, -0.05) is 31.9 Å². The van der Waals surface area contributed by atoms with Crippen molar-refractivity contribution in [3.63, 3.8) is 0 Å². The molecule has 8 nitrogen and oxygen atoms in total. The second-order valence-electron chi connectivity index (χ2n) is 7.41. The number of aromatic amines is 1. The SMILES string of the molecule is COc1ccc(Cn2cnc3cc(Br)ccc3c2=O)c(OC)c1.O=c1[nH]cnc2cc(Br)ccc12. The summed E-state index contributed by atoms with van der Waals surface area (Å²) >= 11 is 6.69. The summed E-state index contributed by atoms with van der Waals surface area (Å²) in [6.45, 7) is 0.380. The van der Waals surface area contributed by atoms with Gasteiger partial charge in [0.1, 0.15) is 11.5 Å². The summed E-state index contributed by atoms with van der Waals surface area (Å²) in [5, 5.41) is 1.20. The van der Waals surface area contributed by atoms with Crippen molar-refractivity contribution in [3.8, 4) is 11.5 Å². The number of nitrogens with one attached hydrogen (secondary N) is 1. The highest BCUT2D eigenvalue weighted by Crippen LogP contribution is 2.25. The summed E-state index contributed by atoms with van der Waals surface area (Å²) in [6, 6.07) is 16.3. The Labute approximate surface area is 216 Å². The third-order valence-electron chi connectivity index (χ3n) is 5.23. The van der Waals surface area contributed by atoms with E-state index in [0.29, 0.717) is 39.8 Å². The summed E-state index contributed by atoms with van der Waals surface area (Å²) in [7, 11) is 3.20. The maximum atomic E-state index is 12.6. The van der Waals surface area contributed by atoms with Crippen molar-refractivity contribution in [2.75, 3.05) is 14.2 Å². The lowest BCUT2D eigenvalue weighted by Gasteiger charge is -2.12. The predicted molar refractivity (Wildman–Crippen MR) is 142 cm³/mol. The molecule has 0 fully saturated rings. The van der Waals surface area contributed by atoms with Crippen molar-refractivity contribution in [2.45, 2.75) is 6.54 Å². The van der Waals surface area contributed by atoms with Crippen molar-refractivity contribution in [1.29, 1.82) is 0 Å². The van der Waals surface area contributed by atoms with E-state index >= 15 is 0 Å². The van der Waals surface area contributed by atoms with Gasteiger partial charge in [-0.3, -0.25) is 14.2 Å². The van der Waals surface area contributed by atoms with E-state index in [-0.39, 0.29) is 11.1 Å². The van der Waals surface area contributed by atoms with E-state index in [9.17, 15) is 9.59 Å². The molecule has 1 N–H and O–H groups in total. The largest absolute Gasteiger partial charge is 0.497 e. The smallest absolute Gasteiger partial charge is 0.261 e. The van der Waals surface area contributed by atoms with E-state index in [1.807, 2.05) is 36.4 Å². The van der Waals surface area contributed by atoms with Crippen LogP contribution in [0.2, 0.25) is 0 Å². The second-order valence-corrected chi connectivity index (χ2v) is 9.24. The molecule has 0 radical (unpaired) electrons. The molecular formula is C25H20Br2N4O4. The number of nitrogens with zero attached hydrogens (tertiary/aromatic N) is 3. The molecule has 35 heavy (non-hydrogen) atoms. The van der Waals surface area contributed by atoms with Gasteiger partial charge < -0.3 is 14.5 Å². The number of hydrogen-bond donors (Lipinski definition) is 1. The number of hydrogen-bond acceptors (Lipinski definition) is 6. The van der Waals surface area contributed by atoms with Crippen molar-refractivity contribution in [3.05, 3.63) is 102 Å². The first-order valence-corrected chi connectivity index (χ1v) is 12.0. The molecule has 2 aromatic heterocycles. The Morgan fingerprint density at radius 1 is 0.857 bits per heavy atom. The van der Waals surface area contributed by atoms with Gasteiger partial charge in [0.25, 0.3) is 11.1 Å². The lowest BCUT2D eigenvalue weighted by molar-refractivity contribution is 0.390. The molecule has 0 aliphatic rings. The summed E-state index contributed by atoms with van der Waals surface area (Å²) < 4.78 is 14.0. The number of ether oxygens (including phenoxy) is 2. The number of halogens is 2. The molecule has 10 heteroatoms. The van der Waals surface area contributed by atoms with Crippen LogP contribution in [0.5, 0.6) is 11.5 Å². The highest BCUT2D eigenvalue weighted by Gasteiger charge is 2.09. The van der Waals surface area contributed by atoms with Crippen LogP contribution in [0.4, 0.5) is 0 Å². The quantitative estimate of drug-likeness (QED) is 0.315. The van der Waals surface area contributed by atoms with E-state index in [1.165, 1.54) is 6.33 Å². The summed E-state index contributed by atoms with van der Waals surface area (Å²) in [5.41, 5.74) is 2.07. The Morgan fingerprint density at radius 3 is 2.23 bits per heavy atom. The molecule has 0 saturated carbocycles. The number of benzene rings is 3. The molecule has 0 aliphatic carbocycles. The van der Waals surface area contributed by atoms with E-state index in [0.717, 1.165) is 14.5 Å². The average Bonchev–Trinajstić information content (AvgIpc) is 2.86. The van der Waals surface area contributed by atoms with Gasteiger partial charge in [0.2, 0.25) is 0 Å². The third-order valence-corrected chi connectivity index (χ3v) is 6.21. The summed E-state index contributed by atoms with van der Waals surface area (Å²) in [6.07, 6.45) is 2.96. The average molecular weight is 600 g/mol. The number of aromatic nitrogens is 4. The zero-order valence-corrected chi connectivity index (χ0v) is 22.0. The highest BCUT2D eigenvalue weighted by atomic mass is 79.9. The number of fused-ring (bicyclic) bond motifs is 2. The fraction of sp³-hybridized carbons (Fsp3) is 0.120. The standard InChI is InChI=1S/C17H15BrN2O3.C8H5BrN2O/c1-22-13-5-3-11(16(8-13)23-2)9-20-10-19-15-7-12(18)4-6-14(15)17(20)21;9-5-1-2-6-7(3-5)10-4-11-8(6)12/h3-8,10H,9H2,1-2H3;1-4H,(H,10,11,12). The zero-order chi connectivity index (χ0) is 24.9.